The Bertz CT molecular complexity index is 633. The summed E-state index contributed by atoms with van der Waals surface area (Å²) < 4.78 is 6.47. The molecule has 88 valence electrons. The molecule has 2 aromatic rings. The molecule has 3 nitrogen and oxygen atoms in total. The van der Waals surface area contributed by atoms with E-state index < -0.39 is 0 Å². The molecule has 7 heteroatoms. The van der Waals surface area contributed by atoms with Gasteiger partial charge in [-0.3, -0.25) is 4.57 Å². The first kappa shape index (κ1) is 11.6. The maximum atomic E-state index is 5.96. The second-order valence-corrected chi connectivity index (χ2v) is 6.06. The number of thioether (sulfide) groups is 1. The molecule has 1 aliphatic heterocycles. The van der Waals surface area contributed by atoms with E-state index in [0.717, 1.165) is 27.9 Å². The summed E-state index contributed by atoms with van der Waals surface area (Å²) in [5.41, 5.74) is 0.801. The van der Waals surface area contributed by atoms with Crippen molar-refractivity contribution in [1.82, 2.24) is 8.94 Å². The number of hydrogen-bond acceptors (Lipinski definition) is 4. The highest BCUT2D eigenvalue weighted by atomic mass is 35.5. The van der Waals surface area contributed by atoms with Gasteiger partial charge >= 0.3 is 0 Å². The van der Waals surface area contributed by atoms with Crippen LogP contribution in [0.2, 0.25) is 10.0 Å². The van der Waals surface area contributed by atoms with E-state index in [1.165, 1.54) is 11.5 Å². The smallest absolute Gasteiger partial charge is 0.210 e. The molecule has 1 aliphatic rings. The molecule has 0 unspecified atom stereocenters. The maximum absolute atomic E-state index is 5.96. The predicted molar refractivity (Wildman–Crippen MR) is 72.5 cm³/mol. The maximum Gasteiger partial charge on any atom is 0.210 e. The van der Waals surface area contributed by atoms with E-state index in [1.807, 2.05) is 6.07 Å². The minimum atomic E-state index is 0.522. The van der Waals surface area contributed by atoms with Gasteiger partial charge in [-0.2, -0.15) is 4.37 Å². The number of hydrogen-bond donors (Lipinski definition) is 0. The topological polar surface area (TPSA) is 30.2 Å². The first-order chi connectivity index (χ1) is 8.24. The SMILES string of the molecule is Clc1ccc(N=c2snc3n2CCS3)cc1Cl. The van der Waals surface area contributed by atoms with E-state index in [2.05, 4.69) is 13.9 Å². The zero-order valence-electron chi connectivity index (χ0n) is 8.56. The van der Waals surface area contributed by atoms with Crippen molar-refractivity contribution in [1.29, 1.82) is 0 Å². The van der Waals surface area contributed by atoms with Gasteiger partial charge in [-0.05, 0) is 18.2 Å². The summed E-state index contributed by atoms with van der Waals surface area (Å²) in [6.45, 7) is 0.969. The number of halogens is 2. The molecular weight excluding hydrogens is 297 g/mol. The van der Waals surface area contributed by atoms with Crippen molar-refractivity contribution in [2.75, 3.05) is 5.75 Å². The van der Waals surface area contributed by atoms with Crippen molar-refractivity contribution in [2.45, 2.75) is 11.7 Å². The molecule has 0 atom stereocenters. The minimum Gasteiger partial charge on any atom is -0.294 e. The molecule has 1 aromatic carbocycles. The second kappa shape index (κ2) is 4.65. The Morgan fingerprint density at radius 1 is 1.29 bits per heavy atom. The van der Waals surface area contributed by atoms with Crippen LogP contribution >= 0.6 is 46.5 Å². The van der Waals surface area contributed by atoms with Gasteiger partial charge in [0, 0.05) is 23.8 Å². The summed E-state index contributed by atoms with van der Waals surface area (Å²) >= 11 is 15.0. The average molecular weight is 304 g/mol. The fourth-order valence-electron chi connectivity index (χ4n) is 1.53. The lowest BCUT2D eigenvalue weighted by Gasteiger charge is -1.97. The molecule has 0 radical (unpaired) electrons. The van der Waals surface area contributed by atoms with E-state index in [1.54, 1.807) is 23.9 Å². The van der Waals surface area contributed by atoms with E-state index >= 15 is 0 Å². The summed E-state index contributed by atoms with van der Waals surface area (Å²) in [5, 5.41) is 2.12. The summed E-state index contributed by atoms with van der Waals surface area (Å²) in [6, 6.07) is 5.37. The molecule has 0 saturated carbocycles. The van der Waals surface area contributed by atoms with Gasteiger partial charge in [0.05, 0.1) is 15.7 Å². The Balaban J connectivity index is 2.08. The molecule has 3 rings (SSSR count). The van der Waals surface area contributed by atoms with Crippen LogP contribution in [0.1, 0.15) is 0 Å². The fraction of sp³-hybridized carbons (Fsp3) is 0.200. The van der Waals surface area contributed by atoms with Crippen LogP contribution in [0.3, 0.4) is 0 Å². The Morgan fingerprint density at radius 3 is 3.00 bits per heavy atom. The Labute approximate surface area is 116 Å². The lowest BCUT2D eigenvalue weighted by molar-refractivity contribution is 0.688. The first-order valence-corrected chi connectivity index (χ1v) is 7.44. The van der Waals surface area contributed by atoms with Gasteiger partial charge in [-0.1, -0.05) is 35.0 Å². The van der Waals surface area contributed by atoms with Gasteiger partial charge in [0.15, 0.2) is 5.16 Å². The quantitative estimate of drug-likeness (QED) is 0.806. The molecule has 0 aliphatic carbocycles. The number of aromatic nitrogens is 2. The van der Waals surface area contributed by atoms with Gasteiger partial charge < -0.3 is 0 Å². The van der Waals surface area contributed by atoms with E-state index in [-0.39, 0.29) is 0 Å². The molecule has 0 amide bonds. The number of benzene rings is 1. The van der Waals surface area contributed by atoms with Crippen molar-refractivity contribution < 1.29 is 0 Å². The minimum absolute atomic E-state index is 0.522. The molecule has 0 bridgehead atoms. The fourth-order valence-corrected chi connectivity index (χ4v) is 3.67. The number of rotatable bonds is 1. The van der Waals surface area contributed by atoms with E-state index in [0.29, 0.717) is 10.0 Å². The van der Waals surface area contributed by atoms with Crippen molar-refractivity contribution in [3.05, 3.63) is 33.0 Å². The molecule has 0 spiro atoms. The van der Waals surface area contributed by atoms with Crippen molar-refractivity contribution in [3.8, 4) is 0 Å². The van der Waals surface area contributed by atoms with Crippen LogP contribution in [0.15, 0.2) is 28.3 Å². The molecule has 1 aromatic heterocycles. The third kappa shape index (κ3) is 2.25. The highest BCUT2D eigenvalue weighted by molar-refractivity contribution is 7.99. The highest BCUT2D eigenvalue weighted by Crippen LogP contribution is 2.27. The molecule has 0 saturated heterocycles. The van der Waals surface area contributed by atoms with Crippen LogP contribution in [0.5, 0.6) is 0 Å². The molecule has 17 heavy (non-hydrogen) atoms. The first-order valence-electron chi connectivity index (χ1n) is 4.93. The summed E-state index contributed by atoms with van der Waals surface area (Å²) in [5.74, 6) is 1.07. The molecule has 0 N–H and O–H groups in total. The normalized spacial score (nSPS) is 15.3. The number of nitrogens with zero attached hydrogens (tertiary/aromatic N) is 3. The number of fused-ring (bicyclic) bond motifs is 1. The van der Waals surface area contributed by atoms with Crippen LogP contribution in [-0.4, -0.2) is 14.7 Å². The summed E-state index contributed by atoms with van der Waals surface area (Å²) in [4.78, 5) is 5.44. The van der Waals surface area contributed by atoms with Crippen molar-refractivity contribution in [2.24, 2.45) is 4.99 Å². The third-order valence-electron chi connectivity index (χ3n) is 2.34. The standard InChI is InChI=1S/C10H7Cl2N3S2/c11-7-2-1-6(5-8(7)12)13-9-15-3-4-16-10(15)14-17-9/h1-2,5H,3-4H2. The largest absolute Gasteiger partial charge is 0.294 e. The lowest BCUT2D eigenvalue weighted by Crippen LogP contribution is -2.12. The van der Waals surface area contributed by atoms with Crippen LogP contribution < -0.4 is 4.80 Å². The van der Waals surface area contributed by atoms with Gasteiger partial charge in [0.25, 0.3) is 0 Å². The third-order valence-corrected chi connectivity index (χ3v) is 4.89. The van der Waals surface area contributed by atoms with Crippen LogP contribution in [0.4, 0.5) is 5.69 Å². The van der Waals surface area contributed by atoms with Gasteiger partial charge in [-0.15, -0.1) is 0 Å². The Hall–Kier alpha value is -0.490. The Kier molecular flexibility index (Phi) is 3.17. The van der Waals surface area contributed by atoms with Crippen LogP contribution in [0.25, 0.3) is 0 Å². The van der Waals surface area contributed by atoms with Gasteiger partial charge in [-0.25, -0.2) is 4.99 Å². The van der Waals surface area contributed by atoms with E-state index in [4.69, 9.17) is 23.2 Å². The van der Waals surface area contributed by atoms with Crippen LogP contribution in [-0.2, 0) is 6.54 Å². The van der Waals surface area contributed by atoms with Crippen molar-refractivity contribution >= 4 is 52.2 Å². The van der Waals surface area contributed by atoms with Crippen LogP contribution in [0, 0.1) is 0 Å². The highest BCUT2D eigenvalue weighted by Gasteiger charge is 2.14. The van der Waals surface area contributed by atoms with Gasteiger partial charge in [0.2, 0.25) is 4.80 Å². The summed E-state index contributed by atoms with van der Waals surface area (Å²) in [7, 11) is 0. The second-order valence-electron chi connectivity index (χ2n) is 3.46. The van der Waals surface area contributed by atoms with E-state index in [9.17, 15) is 0 Å². The zero-order chi connectivity index (χ0) is 11.8. The Morgan fingerprint density at radius 2 is 2.18 bits per heavy atom. The lowest BCUT2D eigenvalue weighted by atomic mass is 10.3. The van der Waals surface area contributed by atoms with Gasteiger partial charge in [0.1, 0.15) is 0 Å². The van der Waals surface area contributed by atoms with Crippen molar-refractivity contribution in [3.63, 3.8) is 0 Å². The monoisotopic (exact) mass is 303 g/mol. The molecule has 2 heterocycles. The predicted octanol–water partition coefficient (Wildman–Crippen LogP) is 3.59. The summed E-state index contributed by atoms with van der Waals surface area (Å²) in [6.07, 6.45) is 0. The zero-order valence-corrected chi connectivity index (χ0v) is 11.7. The average Bonchev–Trinajstić information content (AvgIpc) is 2.88. The molecule has 0 fully saturated rings. The molecular formula is C10H7Cl2N3S2.